The Balaban J connectivity index is 2.22. The summed E-state index contributed by atoms with van der Waals surface area (Å²) in [6, 6.07) is 5.13. The molecule has 0 aliphatic carbocycles. The Kier molecular flexibility index (Phi) is 3.70. The molecule has 0 aliphatic rings. The Morgan fingerprint density at radius 3 is 2.95 bits per heavy atom. The highest BCUT2D eigenvalue weighted by atomic mass is 16.5. The van der Waals surface area contributed by atoms with Crippen molar-refractivity contribution in [1.82, 2.24) is 15.1 Å². The zero-order valence-electron chi connectivity index (χ0n) is 10.9. The number of nitrogens with two attached hydrogens (primary N) is 1. The zero-order valence-corrected chi connectivity index (χ0v) is 10.9. The van der Waals surface area contributed by atoms with Gasteiger partial charge in [0.25, 0.3) is 5.91 Å². The summed E-state index contributed by atoms with van der Waals surface area (Å²) in [5, 5.41) is 6.56. The first kappa shape index (κ1) is 12.9. The van der Waals surface area contributed by atoms with E-state index in [1.807, 2.05) is 0 Å². The number of para-hydroxylation sites is 1. The minimum Gasteiger partial charge on any atom is -0.494 e. The van der Waals surface area contributed by atoms with Gasteiger partial charge in [0.1, 0.15) is 0 Å². The molecule has 1 aromatic heterocycles. The largest absolute Gasteiger partial charge is 0.494 e. The molecule has 19 heavy (non-hydrogen) atoms. The zero-order chi connectivity index (χ0) is 13.8. The van der Waals surface area contributed by atoms with Gasteiger partial charge in [-0.2, -0.15) is 5.10 Å². The second-order valence-corrected chi connectivity index (χ2v) is 4.20. The summed E-state index contributed by atoms with van der Waals surface area (Å²) in [5.41, 5.74) is 7.63. The Hall–Kier alpha value is -2.50. The van der Waals surface area contributed by atoms with Gasteiger partial charge in [0.2, 0.25) is 0 Å². The van der Waals surface area contributed by atoms with E-state index in [9.17, 15) is 4.79 Å². The number of nitrogens with zero attached hydrogens (tertiary/aromatic N) is 2. The predicted molar refractivity (Wildman–Crippen MR) is 71.8 cm³/mol. The van der Waals surface area contributed by atoms with Crippen LogP contribution < -0.4 is 10.5 Å². The summed E-state index contributed by atoms with van der Waals surface area (Å²) in [5.74, 6) is 0.261. The fraction of sp³-hybridized carbons (Fsp3) is 0.231. The number of nitrogens with one attached hydrogen (secondary N) is 1. The van der Waals surface area contributed by atoms with Crippen LogP contribution in [0.25, 0.3) is 0 Å². The number of carbonyl (C=O) groups is 1. The molecular weight excluding hydrogens is 244 g/mol. The van der Waals surface area contributed by atoms with Crippen molar-refractivity contribution in [3.8, 4) is 5.75 Å². The molecule has 100 valence electrons. The summed E-state index contributed by atoms with van der Waals surface area (Å²) in [6.07, 6.45) is 3.43. The van der Waals surface area contributed by atoms with Crippen molar-refractivity contribution in [2.75, 3.05) is 19.9 Å². The topological polar surface area (TPSA) is 84.2 Å². The Bertz CT molecular complexity index is 566. The first-order valence-electron chi connectivity index (χ1n) is 5.79. The highest BCUT2D eigenvalue weighted by molar-refractivity contribution is 5.98. The molecule has 0 radical (unpaired) electrons. The fourth-order valence-electron chi connectivity index (χ4n) is 1.87. The van der Waals surface area contributed by atoms with E-state index in [0.29, 0.717) is 23.5 Å². The van der Waals surface area contributed by atoms with E-state index < -0.39 is 0 Å². The van der Waals surface area contributed by atoms with Gasteiger partial charge < -0.3 is 15.4 Å². The fourth-order valence-corrected chi connectivity index (χ4v) is 1.87. The number of hydrogen-bond donors (Lipinski definition) is 2. The highest BCUT2D eigenvalue weighted by Crippen LogP contribution is 2.27. The first-order valence-corrected chi connectivity index (χ1v) is 5.79. The number of anilines is 1. The van der Waals surface area contributed by atoms with Crippen molar-refractivity contribution in [1.29, 1.82) is 0 Å². The maximum absolute atomic E-state index is 12.4. The number of aromatic nitrogens is 2. The molecule has 0 aliphatic heterocycles. The van der Waals surface area contributed by atoms with Crippen molar-refractivity contribution < 1.29 is 9.53 Å². The van der Waals surface area contributed by atoms with Crippen molar-refractivity contribution in [2.45, 2.75) is 6.54 Å². The number of carbonyl (C=O) groups excluding carboxylic acids is 1. The lowest BCUT2D eigenvalue weighted by atomic mass is 10.1. The number of aromatic amines is 1. The molecular formula is C13H16N4O2. The monoisotopic (exact) mass is 260 g/mol. The maximum atomic E-state index is 12.4. The Morgan fingerprint density at radius 1 is 1.53 bits per heavy atom. The normalized spacial score (nSPS) is 10.2. The lowest BCUT2D eigenvalue weighted by molar-refractivity contribution is 0.0782. The number of hydrogen-bond acceptors (Lipinski definition) is 4. The highest BCUT2D eigenvalue weighted by Gasteiger charge is 2.18. The molecule has 2 aromatic rings. The third kappa shape index (κ3) is 2.67. The summed E-state index contributed by atoms with van der Waals surface area (Å²) < 4.78 is 5.19. The van der Waals surface area contributed by atoms with Crippen LogP contribution in [0.5, 0.6) is 5.75 Å². The van der Waals surface area contributed by atoms with Crippen LogP contribution in [-0.4, -0.2) is 35.2 Å². The van der Waals surface area contributed by atoms with Gasteiger partial charge in [0.05, 0.1) is 24.6 Å². The van der Waals surface area contributed by atoms with Crippen LogP contribution in [0.15, 0.2) is 30.6 Å². The van der Waals surface area contributed by atoms with Gasteiger partial charge in [0.15, 0.2) is 5.75 Å². The van der Waals surface area contributed by atoms with E-state index in [1.165, 1.54) is 7.11 Å². The van der Waals surface area contributed by atoms with Crippen LogP contribution in [0, 0.1) is 0 Å². The molecule has 0 saturated carbocycles. The maximum Gasteiger partial charge on any atom is 0.257 e. The number of H-pyrrole nitrogens is 1. The second-order valence-electron chi connectivity index (χ2n) is 4.20. The molecule has 1 amide bonds. The van der Waals surface area contributed by atoms with Gasteiger partial charge in [-0.3, -0.25) is 9.89 Å². The average molecular weight is 260 g/mol. The molecule has 6 nitrogen and oxygen atoms in total. The molecule has 2 rings (SSSR count). The predicted octanol–water partition coefficient (Wildman–Crippen LogP) is 1.27. The van der Waals surface area contributed by atoms with Crippen LogP contribution >= 0.6 is 0 Å². The summed E-state index contributed by atoms with van der Waals surface area (Å²) in [7, 11) is 3.22. The van der Waals surface area contributed by atoms with Gasteiger partial charge in [-0.05, 0) is 12.1 Å². The number of nitrogen functional groups attached to an aromatic ring is 1. The first-order chi connectivity index (χ1) is 9.13. The van der Waals surface area contributed by atoms with Crippen molar-refractivity contribution >= 4 is 11.6 Å². The third-order valence-corrected chi connectivity index (χ3v) is 2.80. The standard InChI is InChI=1S/C13H16N4O2/c1-17(8-9-6-15-16-7-9)13(18)10-4-3-5-11(14)12(10)19-2/h3-7H,8,14H2,1-2H3,(H,15,16). The van der Waals surface area contributed by atoms with Crippen molar-refractivity contribution in [3.63, 3.8) is 0 Å². The molecule has 0 unspecified atom stereocenters. The molecule has 0 spiro atoms. The van der Waals surface area contributed by atoms with E-state index in [-0.39, 0.29) is 5.91 Å². The van der Waals surface area contributed by atoms with E-state index in [1.54, 1.807) is 42.5 Å². The Morgan fingerprint density at radius 2 is 2.32 bits per heavy atom. The second kappa shape index (κ2) is 5.43. The van der Waals surface area contributed by atoms with Crippen LogP contribution in [-0.2, 0) is 6.54 Å². The van der Waals surface area contributed by atoms with Crippen LogP contribution in [0.2, 0.25) is 0 Å². The van der Waals surface area contributed by atoms with E-state index in [4.69, 9.17) is 10.5 Å². The van der Waals surface area contributed by atoms with Crippen LogP contribution in [0.1, 0.15) is 15.9 Å². The molecule has 0 fully saturated rings. The lowest BCUT2D eigenvalue weighted by Crippen LogP contribution is -2.26. The van der Waals surface area contributed by atoms with Crippen LogP contribution in [0.4, 0.5) is 5.69 Å². The molecule has 0 bridgehead atoms. The molecule has 0 atom stereocenters. The van der Waals surface area contributed by atoms with E-state index in [2.05, 4.69) is 10.2 Å². The lowest BCUT2D eigenvalue weighted by Gasteiger charge is -2.18. The quantitative estimate of drug-likeness (QED) is 0.811. The summed E-state index contributed by atoms with van der Waals surface area (Å²) >= 11 is 0. The van der Waals surface area contributed by atoms with Gasteiger partial charge >= 0.3 is 0 Å². The molecule has 1 aromatic carbocycles. The van der Waals surface area contributed by atoms with E-state index >= 15 is 0 Å². The summed E-state index contributed by atoms with van der Waals surface area (Å²) in [4.78, 5) is 13.9. The molecule has 0 saturated heterocycles. The van der Waals surface area contributed by atoms with Gasteiger partial charge in [-0.25, -0.2) is 0 Å². The minimum absolute atomic E-state index is 0.148. The van der Waals surface area contributed by atoms with Gasteiger partial charge in [0, 0.05) is 25.4 Å². The van der Waals surface area contributed by atoms with Crippen LogP contribution in [0.3, 0.4) is 0 Å². The van der Waals surface area contributed by atoms with E-state index in [0.717, 1.165) is 5.56 Å². The summed E-state index contributed by atoms with van der Waals surface area (Å²) in [6.45, 7) is 0.466. The number of ether oxygens (including phenoxy) is 1. The molecule has 3 N–H and O–H groups in total. The van der Waals surface area contributed by atoms with Crippen molar-refractivity contribution in [3.05, 3.63) is 41.7 Å². The third-order valence-electron chi connectivity index (χ3n) is 2.80. The Labute approximate surface area is 111 Å². The van der Waals surface area contributed by atoms with Crippen molar-refractivity contribution in [2.24, 2.45) is 0 Å². The number of benzene rings is 1. The van der Waals surface area contributed by atoms with Gasteiger partial charge in [-0.1, -0.05) is 6.07 Å². The molecule has 6 heteroatoms. The smallest absolute Gasteiger partial charge is 0.257 e. The molecule has 1 heterocycles. The minimum atomic E-state index is -0.148. The number of amides is 1. The average Bonchev–Trinajstić information content (AvgIpc) is 2.90. The van der Waals surface area contributed by atoms with Gasteiger partial charge in [-0.15, -0.1) is 0 Å². The number of methoxy groups -OCH3 is 1. The SMILES string of the molecule is COc1c(N)cccc1C(=O)N(C)Cc1cn[nH]c1. The number of rotatable bonds is 4.